The minimum atomic E-state index is -4.30. The van der Waals surface area contributed by atoms with Gasteiger partial charge in [-0.15, -0.1) is 13.2 Å². The third-order valence-corrected chi connectivity index (χ3v) is 23.3. The Morgan fingerprint density at radius 2 is 0.584 bits per heavy atom. The molecule has 0 fully saturated rings. The maximum absolute atomic E-state index is 14.2. The van der Waals surface area contributed by atoms with Crippen molar-refractivity contribution in [3.05, 3.63) is 25.3 Å². The van der Waals surface area contributed by atoms with Crippen LogP contribution in [0, 0.1) is 0 Å². The molecule has 113 heavy (non-hydrogen) atoms. The van der Waals surface area contributed by atoms with Crippen molar-refractivity contribution in [3.8, 4) is 0 Å². The lowest BCUT2D eigenvalue weighted by atomic mass is 10.1. The van der Waals surface area contributed by atoms with Gasteiger partial charge in [0.25, 0.3) is 0 Å². The van der Waals surface area contributed by atoms with Gasteiger partial charge in [-0.1, -0.05) is 336 Å². The first-order valence-corrected chi connectivity index (χ1v) is 49.5. The van der Waals surface area contributed by atoms with Gasteiger partial charge < -0.3 is 40.2 Å². The molecule has 0 aliphatic heterocycles. The Balaban J connectivity index is 5.91. The summed E-state index contributed by atoms with van der Waals surface area (Å²) < 4.78 is 87.4. The second kappa shape index (κ2) is 83.8. The minimum absolute atomic E-state index is 0.0255. The number of unbranched alkanes of at least 4 members (excludes halogenated alkanes) is 44. The third kappa shape index (κ3) is 76.0. The van der Waals surface area contributed by atoms with Gasteiger partial charge in [0.15, 0.2) is 0 Å². The molecule has 2 unspecified atom stereocenters. The van der Waals surface area contributed by atoms with Gasteiger partial charge in [0.2, 0.25) is 11.8 Å². The quantitative estimate of drug-likeness (QED) is 0.0191. The van der Waals surface area contributed by atoms with Gasteiger partial charge in [0, 0.05) is 51.6 Å². The highest BCUT2D eigenvalue weighted by Crippen LogP contribution is 2.50. The molecular weight excluding hydrogens is 1470 g/mol. The Morgan fingerprint density at radius 3 is 0.903 bits per heavy atom. The molecule has 0 aliphatic rings. The lowest BCUT2D eigenvalue weighted by Gasteiger charge is -2.23. The zero-order valence-electron chi connectivity index (χ0n) is 73.4. The molecule has 0 saturated carbocycles. The maximum atomic E-state index is 14.2. The number of rotatable bonds is 91. The van der Waals surface area contributed by atoms with Crippen molar-refractivity contribution in [2.75, 3.05) is 79.2 Å². The second-order valence-electron chi connectivity index (χ2n) is 31.5. The van der Waals surface area contributed by atoms with Crippen molar-refractivity contribution in [1.82, 2.24) is 21.3 Å². The number of amides is 4. The Kier molecular flexibility index (Phi) is 81.4. The number of nitrogens with one attached hydrogen (secondary N) is 4. The largest absolute Gasteiger partial charge is 0.475 e. The second-order valence-corrected chi connectivity index (χ2v) is 34.8. The first-order valence-electron chi connectivity index (χ1n) is 46.6. The van der Waals surface area contributed by atoms with Gasteiger partial charge in [-0.25, -0.2) is 13.9 Å². The van der Waals surface area contributed by atoms with Gasteiger partial charge in [0.05, 0.1) is 78.2 Å². The Hall–Kier alpha value is -3.23. The molecule has 4 N–H and O–H groups in total. The predicted octanol–water partition coefficient (Wildman–Crippen LogP) is 24.9. The number of phosphoric ester groups is 2. The summed E-state index contributed by atoms with van der Waals surface area (Å²) in [6, 6.07) is -2.02. The SMILES string of the molecule is C=CCOP(=O)(OCCCNC(=O)NCCOP(=O)(OCC=C)OC[C@H](COCC[C@@H](CCCCCCC)OC(=O)CCCCCCCCCCC)NC(=O)CCCCCCCCCCCCC)OC[C@@H](COCC[C@@H](CCCCCCC)OC(=O)CCCCCCCCCCC)NC(=O)CCCCCCCCCCCCC. The summed E-state index contributed by atoms with van der Waals surface area (Å²) in [5.74, 6) is -0.705. The fraction of sp³-hybridized carbons (Fsp3) is 0.900. The third-order valence-electron chi connectivity index (χ3n) is 20.4. The Bertz CT molecular complexity index is 2290. The van der Waals surface area contributed by atoms with Crippen molar-refractivity contribution in [3.63, 3.8) is 0 Å². The zero-order chi connectivity index (χ0) is 82.7. The lowest BCUT2D eigenvalue weighted by Crippen LogP contribution is -2.41. The molecule has 666 valence electrons. The number of hydrogen-bond donors (Lipinski definition) is 4. The molecule has 0 radical (unpaired) electrons. The average molecular weight is 1650 g/mol. The highest BCUT2D eigenvalue weighted by molar-refractivity contribution is 7.48. The van der Waals surface area contributed by atoms with E-state index in [1.54, 1.807) is 0 Å². The minimum Gasteiger partial charge on any atom is -0.462 e. The van der Waals surface area contributed by atoms with E-state index in [-0.39, 0.29) is 122 Å². The van der Waals surface area contributed by atoms with E-state index >= 15 is 0 Å². The van der Waals surface area contributed by atoms with E-state index in [0.29, 0.717) is 38.5 Å². The number of carbonyl (C=O) groups excluding carboxylic acids is 5. The number of urea groups is 1. The van der Waals surface area contributed by atoms with Crippen LogP contribution in [0.5, 0.6) is 0 Å². The smallest absolute Gasteiger partial charge is 0.462 e. The summed E-state index contributed by atoms with van der Waals surface area (Å²) >= 11 is 0. The standard InChI is InChI=1S/C90H174N4O17P2/c1-9-17-23-29-33-37-39-43-45-51-57-64-86(95)93-82(78-102-75-68-84(62-55-49-27-21-13-5)110-88(97)66-59-53-47-41-35-31-25-19-11-3)80-108-112(100,104-72-15-7)106-74-61-70-91-90(99)92-71-77-107-113(101,105-73-16-8)109-81-83(94-87(96)65-58-52-46-44-40-38-34-30-24-18-10-2)79-103-76-69-85(63-56-50-28-22-14-6)111-89(98)67-60-54-48-42-36-32-26-20-12-4/h15-16,82-85H,7-14,17-81H2,1-6H3,(H,93,95)(H,94,96)(H2,91,92,99)/t82-,83+,84-,85-,112?,113?/m1/s1. The molecule has 21 nitrogen and oxygen atoms in total. The van der Waals surface area contributed by atoms with Gasteiger partial charge in [-0.05, 0) is 57.8 Å². The van der Waals surface area contributed by atoms with E-state index in [4.69, 9.17) is 46.1 Å². The number of carbonyl (C=O) groups is 5. The lowest BCUT2D eigenvalue weighted by molar-refractivity contribution is -0.151. The fourth-order valence-corrected chi connectivity index (χ4v) is 15.9. The molecule has 6 atom stereocenters. The highest BCUT2D eigenvalue weighted by atomic mass is 31.2. The van der Waals surface area contributed by atoms with Gasteiger partial charge in [-0.3, -0.25) is 46.3 Å². The number of esters is 2. The van der Waals surface area contributed by atoms with Crippen LogP contribution < -0.4 is 21.3 Å². The van der Waals surface area contributed by atoms with E-state index in [9.17, 15) is 33.1 Å². The normalized spacial score (nSPS) is 13.7. The molecule has 0 bridgehead atoms. The summed E-state index contributed by atoms with van der Waals surface area (Å²) in [7, 11) is -8.54. The van der Waals surface area contributed by atoms with Crippen molar-refractivity contribution in [1.29, 1.82) is 0 Å². The molecule has 0 rings (SSSR count). The molecule has 0 aliphatic carbocycles. The number of hydrogen-bond acceptors (Lipinski definition) is 17. The highest BCUT2D eigenvalue weighted by Gasteiger charge is 2.31. The van der Waals surface area contributed by atoms with Crippen LogP contribution in [0.1, 0.15) is 420 Å². The van der Waals surface area contributed by atoms with Crippen LogP contribution in [-0.4, -0.2) is 133 Å². The number of phosphoric acid groups is 2. The molecular formula is C90H174N4O17P2. The van der Waals surface area contributed by atoms with Crippen molar-refractivity contribution < 1.29 is 79.2 Å². The maximum Gasteiger partial charge on any atom is 0.475 e. The first kappa shape index (κ1) is 110. The van der Waals surface area contributed by atoms with E-state index in [1.807, 2.05) is 0 Å². The molecule has 4 amide bonds. The van der Waals surface area contributed by atoms with Gasteiger partial charge in [0.1, 0.15) is 12.2 Å². The molecule has 0 aromatic carbocycles. The summed E-state index contributed by atoms with van der Waals surface area (Å²) in [5, 5.41) is 11.5. The van der Waals surface area contributed by atoms with E-state index in [1.165, 1.54) is 186 Å². The van der Waals surface area contributed by atoms with Crippen molar-refractivity contribution in [2.24, 2.45) is 0 Å². The predicted molar refractivity (Wildman–Crippen MR) is 464 cm³/mol. The molecule has 23 heteroatoms. The van der Waals surface area contributed by atoms with Crippen LogP contribution in [0.4, 0.5) is 4.79 Å². The van der Waals surface area contributed by atoms with E-state index in [2.05, 4.69) is 76.0 Å². The van der Waals surface area contributed by atoms with E-state index < -0.39 is 33.8 Å². The van der Waals surface area contributed by atoms with Crippen molar-refractivity contribution in [2.45, 2.75) is 445 Å². The van der Waals surface area contributed by atoms with Crippen LogP contribution >= 0.6 is 15.6 Å². The molecule has 0 saturated heterocycles. The molecule has 0 aromatic rings. The van der Waals surface area contributed by atoms with Crippen LogP contribution in [0.15, 0.2) is 25.3 Å². The van der Waals surface area contributed by atoms with Crippen LogP contribution in [0.2, 0.25) is 0 Å². The number of ether oxygens (including phenoxy) is 4. The van der Waals surface area contributed by atoms with E-state index in [0.717, 1.165) is 161 Å². The van der Waals surface area contributed by atoms with Crippen molar-refractivity contribution >= 4 is 45.4 Å². The fourth-order valence-electron chi connectivity index (χ4n) is 13.5. The molecule has 0 heterocycles. The van der Waals surface area contributed by atoms with Crippen LogP contribution in [0.3, 0.4) is 0 Å². The zero-order valence-corrected chi connectivity index (χ0v) is 75.2. The molecule has 0 spiro atoms. The average Bonchev–Trinajstić information content (AvgIpc) is 0.888. The van der Waals surface area contributed by atoms with Gasteiger partial charge in [-0.2, -0.15) is 0 Å². The monoisotopic (exact) mass is 1650 g/mol. The van der Waals surface area contributed by atoms with Crippen LogP contribution in [-0.2, 0) is 74.4 Å². The Morgan fingerprint density at radius 1 is 0.301 bits per heavy atom. The molecule has 0 aromatic heterocycles. The Labute approximate surface area is 691 Å². The first-order chi connectivity index (χ1) is 55.1. The summed E-state index contributed by atoms with van der Waals surface area (Å²) in [6.07, 6.45) is 63.7. The topological polar surface area (TPSA) is 260 Å². The summed E-state index contributed by atoms with van der Waals surface area (Å²) in [4.78, 5) is 66.4. The van der Waals surface area contributed by atoms with Crippen LogP contribution in [0.25, 0.3) is 0 Å². The summed E-state index contributed by atoms with van der Waals surface area (Å²) in [5.41, 5.74) is 0. The summed E-state index contributed by atoms with van der Waals surface area (Å²) in [6.45, 7) is 20.1. The van der Waals surface area contributed by atoms with Gasteiger partial charge >= 0.3 is 33.6 Å².